The van der Waals surface area contributed by atoms with Gasteiger partial charge in [0.2, 0.25) is 0 Å². The van der Waals surface area contributed by atoms with Gasteiger partial charge in [0.25, 0.3) is 7.82 Å². The monoisotopic (exact) mass is 924 g/mol. The Hall–Kier alpha value is -1.77. The van der Waals surface area contributed by atoms with Crippen LogP contribution in [0.1, 0.15) is 245 Å². The third kappa shape index (κ3) is 49.7. The van der Waals surface area contributed by atoms with Crippen molar-refractivity contribution in [3.05, 3.63) is 36.5 Å². The number of phosphoric ester groups is 1. The molecule has 0 amide bonds. The lowest BCUT2D eigenvalue weighted by Crippen LogP contribution is -2.37. The number of ether oxygens (including phenoxy) is 2. The maximum Gasteiger partial charge on any atom is 0.306 e. The highest BCUT2D eigenvalue weighted by molar-refractivity contribution is 7.45. The highest BCUT2D eigenvalue weighted by Gasteiger charge is 2.21. The minimum Gasteiger partial charge on any atom is -0.756 e. The van der Waals surface area contributed by atoms with E-state index in [9.17, 15) is 19.0 Å². The van der Waals surface area contributed by atoms with Crippen LogP contribution in [0.25, 0.3) is 0 Å². The highest BCUT2D eigenvalue weighted by atomic mass is 31.2. The van der Waals surface area contributed by atoms with E-state index < -0.39 is 26.5 Å². The Labute approximate surface area is 395 Å². The van der Waals surface area contributed by atoms with Gasteiger partial charge in [0.15, 0.2) is 6.10 Å². The minimum atomic E-state index is -4.63. The highest BCUT2D eigenvalue weighted by Crippen LogP contribution is 2.38. The number of rotatable bonds is 49. The first kappa shape index (κ1) is 62.2. The summed E-state index contributed by atoms with van der Waals surface area (Å²) in [7, 11) is 1.17. The number of carbonyl (C=O) groups excluding carboxylic acids is 2. The Morgan fingerprint density at radius 1 is 0.484 bits per heavy atom. The van der Waals surface area contributed by atoms with E-state index in [1.165, 1.54) is 161 Å². The Morgan fingerprint density at radius 3 is 1.25 bits per heavy atom. The van der Waals surface area contributed by atoms with E-state index in [0.717, 1.165) is 51.4 Å². The van der Waals surface area contributed by atoms with Gasteiger partial charge in [-0.25, -0.2) is 0 Å². The predicted octanol–water partition coefficient (Wildman–Crippen LogP) is 15.4. The van der Waals surface area contributed by atoms with Gasteiger partial charge in [-0.1, -0.05) is 217 Å². The van der Waals surface area contributed by atoms with Gasteiger partial charge in [-0.2, -0.15) is 0 Å². The summed E-state index contributed by atoms with van der Waals surface area (Å²) in [5, 5.41) is 0. The number of unbranched alkanes of at least 4 members (excludes halogenated alkanes) is 29. The third-order valence-corrected chi connectivity index (χ3v) is 12.6. The van der Waals surface area contributed by atoms with Gasteiger partial charge >= 0.3 is 11.9 Å². The normalized spacial score (nSPS) is 13.7. The lowest BCUT2D eigenvalue weighted by Gasteiger charge is -2.28. The van der Waals surface area contributed by atoms with E-state index in [4.69, 9.17) is 18.5 Å². The van der Waals surface area contributed by atoms with Gasteiger partial charge in [-0.05, 0) is 51.4 Å². The van der Waals surface area contributed by atoms with Crippen molar-refractivity contribution in [2.45, 2.75) is 251 Å². The lowest BCUT2D eigenvalue weighted by molar-refractivity contribution is -0.870. The molecule has 64 heavy (non-hydrogen) atoms. The van der Waals surface area contributed by atoms with Gasteiger partial charge < -0.3 is 27.9 Å². The average Bonchev–Trinajstić information content (AvgIpc) is 3.25. The average molecular weight is 924 g/mol. The van der Waals surface area contributed by atoms with Crippen molar-refractivity contribution in [3.8, 4) is 0 Å². The molecular formula is C54H102NO8P. The molecule has 0 aliphatic rings. The summed E-state index contributed by atoms with van der Waals surface area (Å²) < 4.78 is 34.0. The molecule has 2 atom stereocenters. The van der Waals surface area contributed by atoms with Gasteiger partial charge in [-0.3, -0.25) is 14.2 Å². The van der Waals surface area contributed by atoms with Gasteiger partial charge in [0.05, 0.1) is 27.7 Å². The van der Waals surface area contributed by atoms with E-state index >= 15 is 0 Å². The summed E-state index contributed by atoms with van der Waals surface area (Å²) in [5.41, 5.74) is 0. The number of hydrogen-bond acceptors (Lipinski definition) is 8. The molecule has 0 saturated carbocycles. The van der Waals surface area contributed by atoms with Crippen molar-refractivity contribution in [2.75, 3.05) is 47.5 Å². The fourth-order valence-electron chi connectivity index (χ4n) is 7.49. The first-order valence-electron chi connectivity index (χ1n) is 26.7. The topological polar surface area (TPSA) is 111 Å². The number of likely N-dealkylation sites (N-methyl/N-ethyl adjacent to an activating group) is 1. The van der Waals surface area contributed by atoms with Crippen LogP contribution in [-0.4, -0.2) is 70.0 Å². The van der Waals surface area contributed by atoms with Gasteiger partial charge in [0.1, 0.15) is 19.8 Å². The first-order valence-corrected chi connectivity index (χ1v) is 28.2. The van der Waals surface area contributed by atoms with Crippen LogP contribution in [0, 0.1) is 0 Å². The zero-order valence-electron chi connectivity index (χ0n) is 42.5. The largest absolute Gasteiger partial charge is 0.756 e. The summed E-state index contributed by atoms with van der Waals surface area (Å²) in [6, 6.07) is 0. The van der Waals surface area contributed by atoms with Crippen LogP contribution in [-0.2, 0) is 32.7 Å². The van der Waals surface area contributed by atoms with Crippen LogP contribution in [0.5, 0.6) is 0 Å². The first-order chi connectivity index (χ1) is 31.0. The van der Waals surface area contributed by atoms with E-state index in [-0.39, 0.29) is 32.0 Å². The van der Waals surface area contributed by atoms with Crippen LogP contribution in [0.3, 0.4) is 0 Å². The molecule has 0 aromatic rings. The molecule has 0 aliphatic carbocycles. The van der Waals surface area contributed by atoms with Gasteiger partial charge in [0, 0.05) is 12.8 Å². The van der Waals surface area contributed by atoms with Crippen molar-refractivity contribution in [2.24, 2.45) is 0 Å². The molecule has 0 aromatic carbocycles. The second-order valence-corrected chi connectivity index (χ2v) is 20.7. The zero-order valence-corrected chi connectivity index (χ0v) is 43.4. The van der Waals surface area contributed by atoms with Crippen molar-refractivity contribution < 1.29 is 42.1 Å². The fourth-order valence-corrected chi connectivity index (χ4v) is 8.22. The molecule has 0 radical (unpaired) electrons. The summed E-state index contributed by atoms with van der Waals surface area (Å²) in [6.07, 6.45) is 54.6. The van der Waals surface area contributed by atoms with Crippen LogP contribution in [0.2, 0.25) is 0 Å². The smallest absolute Gasteiger partial charge is 0.306 e. The maximum atomic E-state index is 12.7. The number of hydrogen-bond donors (Lipinski definition) is 0. The molecule has 376 valence electrons. The molecule has 0 aliphatic heterocycles. The molecular weight excluding hydrogens is 822 g/mol. The molecule has 0 N–H and O–H groups in total. The predicted molar refractivity (Wildman–Crippen MR) is 268 cm³/mol. The summed E-state index contributed by atoms with van der Waals surface area (Å²) in [5.74, 6) is -0.827. The van der Waals surface area contributed by atoms with Crippen LogP contribution < -0.4 is 4.89 Å². The zero-order chi connectivity index (χ0) is 47.1. The number of phosphoric acid groups is 1. The second-order valence-electron chi connectivity index (χ2n) is 19.2. The number of nitrogens with zero attached hydrogens (tertiary/aromatic N) is 1. The molecule has 0 bridgehead atoms. The Kier molecular flexibility index (Phi) is 45.1. The summed E-state index contributed by atoms with van der Waals surface area (Å²) in [4.78, 5) is 37.7. The van der Waals surface area contributed by atoms with Crippen molar-refractivity contribution in [3.63, 3.8) is 0 Å². The Balaban J connectivity index is 4.14. The standard InChI is InChI=1S/C54H102NO8P/c1-6-8-10-12-14-16-18-20-21-22-23-24-25-26-27-28-29-30-31-32-33-35-37-39-41-43-45-47-54(57)63-52(51-62-64(58,59)61-49-48-55(3,4)5)50-60-53(56)46-44-42-40-38-36-34-19-17-15-13-11-9-7-2/h18,20,22-23,25-26,52H,6-17,19,21,24,27-51H2,1-5H3/b20-18-,23-22-,26-25-. The number of allylic oxidation sites excluding steroid dienone is 6. The summed E-state index contributed by atoms with van der Waals surface area (Å²) in [6.45, 7) is 4.24. The van der Waals surface area contributed by atoms with Crippen LogP contribution in [0.4, 0.5) is 0 Å². The number of quaternary nitrogens is 1. The van der Waals surface area contributed by atoms with Crippen molar-refractivity contribution in [1.82, 2.24) is 0 Å². The third-order valence-electron chi connectivity index (χ3n) is 11.7. The maximum absolute atomic E-state index is 12.7. The lowest BCUT2D eigenvalue weighted by atomic mass is 10.0. The Bertz CT molecular complexity index is 1180. The Morgan fingerprint density at radius 2 is 0.844 bits per heavy atom. The molecule has 0 saturated heterocycles. The molecule has 2 unspecified atom stereocenters. The molecule has 0 spiro atoms. The van der Waals surface area contributed by atoms with E-state index in [0.29, 0.717) is 17.4 Å². The molecule has 0 aromatic heterocycles. The number of esters is 2. The van der Waals surface area contributed by atoms with Crippen LogP contribution in [0.15, 0.2) is 36.5 Å². The fraction of sp³-hybridized carbons (Fsp3) is 0.852. The molecule has 9 nitrogen and oxygen atoms in total. The molecule has 10 heteroatoms. The van der Waals surface area contributed by atoms with Crippen molar-refractivity contribution in [1.29, 1.82) is 0 Å². The SMILES string of the molecule is CCCCCCC/C=C\C/C=C\C/C=C\CCCCCCCCCCCCCCC(=O)OC(COC(=O)CCCCCCCCCCCCCCC)COP(=O)([O-])OCC[N+](C)(C)C. The molecule has 0 heterocycles. The van der Waals surface area contributed by atoms with E-state index in [1.54, 1.807) is 0 Å². The number of carbonyl (C=O) groups is 2. The van der Waals surface area contributed by atoms with E-state index in [1.807, 2.05) is 21.1 Å². The quantitative estimate of drug-likeness (QED) is 0.0195. The molecule has 0 rings (SSSR count). The molecule has 0 fully saturated rings. The van der Waals surface area contributed by atoms with E-state index in [2.05, 4.69) is 50.3 Å². The second kappa shape index (κ2) is 46.3. The van der Waals surface area contributed by atoms with Crippen LogP contribution >= 0.6 is 7.82 Å². The van der Waals surface area contributed by atoms with Crippen molar-refractivity contribution >= 4 is 19.8 Å². The van der Waals surface area contributed by atoms with Gasteiger partial charge in [-0.15, -0.1) is 0 Å². The summed E-state index contributed by atoms with van der Waals surface area (Å²) >= 11 is 0. The minimum absolute atomic E-state index is 0.0297.